The third kappa shape index (κ3) is 1.99. The zero-order chi connectivity index (χ0) is 11.8. The zero-order valence-electron chi connectivity index (χ0n) is 8.72. The molecule has 4 heteroatoms. The number of rotatable bonds is 1. The summed E-state index contributed by atoms with van der Waals surface area (Å²) in [6.07, 6.45) is 0. The number of halogens is 1. The summed E-state index contributed by atoms with van der Waals surface area (Å²) in [6, 6.07) is 12.8. The molecule has 3 aromatic rings. The van der Waals surface area contributed by atoms with Crippen molar-refractivity contribution in [1.82, 2.24) is 4.98 Å². The van der Waals surface area contributed by atoms with Crippen LogP contribution in [0.25, 0.3) is 20.8 Å². The smallest absolute Gasteiger partial charge is 0.124 e. The Morgan fingerprint density at radius 3 is 2.59 bits per heavy atom. The quantitative estimate of drug-likeness (QED) is 0.708. The van der Waals surface area contributed by atoms with Crippen molar-refractivity contribution in [2.45, 2.75) is 0 Å². The Morgan fingerprint density at radius 1 is 1.06 bits per heavy atom. The number of nitrogens with zero attached hydrogens (tertiary/aromatic N) is 1. The van der Waals surface area contributed by atoms with Gasteiger partial charge in [-0.2, -0.15) is 0 Å². The van der Waals surface area contributed by atoms with Crippen molar-refractivity contribution in [3.8, 4) is 16.3 Å². The van der Waals surface area contributed by atoms with Crippen LogP contribution in [0, 0.1) is 0 Å². The molecular formula is C13H8ClNOS. The minimum Gasteiger partial charge on any atom is -0.508 e. The number of hydrogen-bond acceptors (Lipinski definition) is 3. The summed E-state index contributed by atoms with van der Waals surface area (Å²) in [6.45, 7) is 0. The summed E-state index contributed by atoms with van der Waals surface area (Å²) >= 11 is 7.40. The lowest BCUT2D eigenvalue weighted by Crippen LogP contribution is -1.74. The second-order valence-electron chi connectivity index (χ2n) is 3.68. The summed E-state index contributed by atoms with van der Waals surface area (Å²) in [5.41, 5.74) is 1.94. The highest BCUT2D eigenvalue weighted by molar-refractivity contribution is 7.21. The predicted octanol–water partition coefficient (Wildman–Crippen LogP) is 4.32. The Bertz CT molecular complexity index is 675. The standard InChI is InChI=1S/C13H8ClNOS/c14-9-3-1-8(2-4-9)13-15-11-6-5-10(16)7-12(11)17-13/h1-7,16H. The molecule has 2 aromatic carbocycles. The fourth-order valence-corrected chi connectivity index (χ4v) is 2.76. The van der Waals surface area contributed by atoms with Gasteiger partial charge in [0.05, 0.1) is 10.2 Å². The van der Waals surface area contributed by atoms with Crippen molar-refractivity contribution in [3.05, 3.63) is 47.5 Å². The van der Waals surface area contributed by atoms with Crippen LogP contribution in [0.15, 0.2) is 42.5 Å². The molecule has 0 amide bonds. The minimum absolute atomic E-state index is 0.267. The molecule has 84 valence electrons. The average molecular weight is 262 g/mol. The Morgan fingerprint density at radius 2 is 1.82 bits per heavy atom. The number of phenolic OH excluding ortho intramolecular Hbond substituents is 1. The van der Waals surface area contributed by atoms with Crippen molar-refractivity contribution < 1.29 is 5.11 Å². The van der Waals surface area contributed by atoms with Crippen LogP contribution >= 0.6 is 22.9 Å². The normalized spacial score (nSPS) is 10.9. The van der Waals surface area contributed by atoms with E-state index < -0.39 is 0 Å². The third-order valence-electron chi connectivity index (χ3n) is 2.46. The number of phenols is 1. The maximum atomic E-state index is 9.41. The topological polar surface area (TPSA) is 33.1 Å². The van der Waals surface area contributed by atoms with Crippen LogP contribution in [0.4, 0.5) is 0 Å². The van der Waals surface area contributed by atoms with Gasteiger partial charge in [-0.1, -0.05) is 23.7 Å². The number of benzene rings is 2. The average Bonchev–Trinajstić information content (AvgIpc) is 2.72. The highest BCUT2D eigenvalue weighted by Crippen LogP contribution is 2.32. The van der Waals surface area contributed by atoms with Gasteiger partial charge in [0.1, 0.15) is 10.8 Å². The van der Waals surface area contributed by atoms with E-state index in [0.717, 1.165) is 20.8 Å². The molecule has 1 N–H and O–H groups in total. The van der Waals surface area contributed by atoms with E-state index >= 15 is 0 Å². The highest BCUT2D eigenvalue weighted by atomic mass is 35.5. The predicted molar refractivity (Wildman–Crippen MR) is 71.7 cm³/mol. The summed E-state index contributed by atoms with van der Waals surface area (Å²) in [5.74, 6) is 0.267. The van der Waals surface area contributed by atoms with Crippen LogP contribution in [0.2, 0.25) is 5.02 Å². The van der Waals surface area contributed by atoms with Gasteiger partial charge < -0.3 is 5.11 Å². The van der Waals surface area contributed by atoms with E-state index in [1.54, 1.807) is 23.5 Å². The number of fused-ring (bicyclic) bond motifs is 1. The third-order valence-corrected chi connectivity index (χ3v) is 3.78. The molecule has 0 saturated carbocycles. The highest BCUT2D eigenvalue weighted by Gasteiger charge is 2.06. The van der Waals surface area contributed by atoms with Gasteiger partial charge in [0, 0.05) is 10.6 Å². The lowest BCUT2D eigenvalue weighted by molar-refractivity contribution is 0.476. The molecule has 0 atom stereocenters. The number of hydrogen-bond donors (Lipinski definition) is 1. The Kier molecular flexibility index (Phi) is 2.50. The van der Waals surface area contributed by atoms with Crippen LogP contribution in [0.3, 0.4) is 0 Å². The molecule has 0 aliphatic heterocycles. The molecule has 0 radical (unpaired) electrons. The Balaban J connectivity index is 2.14. The number of aromatic hydroxyl groups is 1. The first-order valence-electron chi connectivity index (χ1n) is 5.08. The zero-order valence-corrected chi connectivity index (χ0v) is 10.3. The van der Waals surface area contributed by atoms with Crippen molar-refractivity contribution in [3.63, 3.8) is 0 Å². The molecule has 0 spiro atoms. The largest absolute Gasteiger partial charge is 0.508 e. The monoisotopic (exact) mass is 261 g/mol. The fourth-order valence-electron chi connectivity index (χ4n) is 1.63. The Labute approximate surface area is 107 Å². The van der Waals surface area contributed by atoms with Gasteiger partial charge in [0.25, 0.3) is 0 Å². The van der Waals surface area contributed by atoms with E-state index in [9.17, 15) is 5.11 Å². The second kappa shape index (κ2) is 4.02. The van der Waals surface area contributed by atoms with E-state index in [2.05, 4.69) is 4.98 Å². The van der Waals surface area contributed by atoms with E-state index in [0.29, 0.717) is 5.02 Å². The molecule has 17 heavy (non-hydrogen) atoms. The summed E-state index contributed by atoms with van der Waals surface area (Å²) in [7, 11) is 0. The first kappa shape index (κ1) is 10.6. The minimum atomic E-state index is 0.267. The maximum absolute atomic E-state index is 9.41. The van der Waals surface area contributed by atoms with Crippen molar-refractivity contribution in [2.24, 2.45) is 0 Å². The molecular weight excluding hydrogens is 254 g/mol. The van der Waals surface area contributed by atoms with Gasteiger partial charge in [-0.15, -0.1) is 11.3 Å². The van der Waals surface area contributed by atoms with Crippen LogP contribution in [-0.4, -0.2) is 10.1 Å². The van der Waals surface area contributed by atoms with E-state index in [1.807, 2.05) is 30.3 Å². The van der Waals surface area contributed by atoms with Gasteiger partial charge in [0.2, 0.25) is 0 Å². The van der Waals surface area contributed by atoms with Gasteiger partial charge in [-0.05, 0) is 30.3 Å². The van der Waals surface area contributed by atoms with Crippen LogP contribution in [-0.2, 0) is 0 Å². The number of thiazole rings is 1. The molecule has 0 fully saturated rings. The van der Waals surface area contributed by atoms with Gasteiger partial charge >= 0.3 is 0 Å². The maximum Gasteiger partial charge on any atom is 0.124 e. The van der Waals surface area contributed by atoms with Crippen LogP contribution in [0.5, 0.6) is 5.75 Å². The molecule has 0 aliphatic rings. The van der Waals surface area contributed by atoms with Crippen LogP contribution < -0.4 is 0 Å². The molecule has 0 aliphatic carbocycles. The fraction of sp³-hybridized carbons (Fsp3) is 0. The molecule has 2 nitrogen and oxygen atoms in total. The first-order chi connectivity index (χ1) is 8.22. The Hall–Kier alpha value is -1.58. The summed E-state index contributed by atoms with van der Waals surface area (Å²) in [4.78, 5) is 4.52. The molecule has 3 rings (SSSR count). The van der Waals surface area contributed by atoms with E-state index in [4.69, 9.17) is 11.6 Å². The number of aromatic nitrogens is 1. The van der Waals surface area contributed by atoms with Crippen molar-refractivity contribution >= 4 is 33.2 Å². The summed E-state index contributed by atoms with van der Waals surface area (Å²) < 4.78 is 0.981. The van der Waals surface area contributed by atoms with Crippen molar-refractivity contribution in [2.75, 3.05) is 0 Å². The molecule has 1 heterocycles. The van der Waals surface area contributed by atoms with Crippen molar-refractivity contribution in [1.29, 1.82) is 0 Å². The molecule has 0 bridgehead atoms. The summed E-state index contributed by atoms with van der Waals surface area (Å²) in [5, 5.41) is 11.1. The van der Waals surface area contributed by atoms with Gasteiger partial charge in [0.15, 0.2) is 0 Å². The first-order valence-corrected chi connectivity index (χ1v) is 6.27. The van der Waals surface area contributed by atoms with Gasteiger partial charge in [-0.3, -0.25) is 0 Å². The van der Waals surface area contributed by atoms with E-state index in [1.165, 1.54) is 0 Å². The SMILES string of the molecule is Oc1ccc2nc(-c3ccc(Cl)cc3)sc2c1. The van der Waals surface area contributed by atoms with Gasteiger partial charge in [-0.25, -0.2) is 4.98 Å². The molecule has 1 aromatic heterocycles. The lowest BCUT2D eigenvalue weighted by atomic mass is 10.2. The second-order valence-corrected chi connectivity index (χ2v) is 5.15. The molecule has 0 saturated heterocycles. The molecule has 0 unspecified atom stereocenters. The van der Waals surface area contributed by atoms with E-state index in [-0.39, 0.29) is 5.75 Å². The lowest BCUT2D eigenvalue weighted by Gasteiger charge is -1.94. The van der Waals surface area contributed by atoms with Crippen LogP contribution in [0.1, 0.15) is 0 Å².